The van der Waals surface area contributed by atoms with Crippen molar-refractivity contribution in [3.05, 3.63) is 0 Å². The summed E-state index contributed by atoms with van der Waals surface area (Å²) in [7, 11) is 0. The first kappa shape index (κ1) is 27.2. The monoisotopic (exact) mass is 435 g/mol. The fraction of sp³-hybridized carbons (Fsp3) is 0.688. The van der Waals surface area contributed by atoms with Crippen LogP contribution in [0.15, 0.2) is 0 Å². The standard InChI is InChI=1S/C16H29N5O9/c17-4-2-1-3-8(18)13(26)20-10(6-22)15(28)21-11(7-23)14(27)19-9(16(29)30)5-12(24)25/h8-11,22-23H,1-7,17-18H2,(H,19,27)(H,20,26)(H,21,28)(H,24,25)(H,29,30)/t8-,9-,10-,11-/m0/s1. The molecule has 0 unspecified atom stereocenters. The fourth-order valence-corrected chi connectivity index (χ4v) is 2.23. The molecule has 14 nitrogen and oxygen atoms in total. The van der Waals surface area contributed by atoms with Crippen LogP contribution in [-0.2, 0) is 24.0 Å². The van der Waals surface area contributed by atoms with Crippen LogP contribution in [0, 0.1) is 0 Å². The minimum absolute atomic E-state index is 0.296. The van der Waals surface area contributed by atoms with E-state index in [9.17, 15) is 34.2 Å². The Morgan fingerprint density at radius 3 is 1.63 bits per heavy atom. The summed E-state index contributed by atoms with van der Waals surface area (Å²) in [6.07, 6.45) is 0.599. The zero-order valence-electron chi connectivity index (χ0n) is 16.2. The fourth-order valence-electron chi connectivity index (χ4n) is 2.23. The molecule has 0 bridgehead atoms. The van der Waals surface area contributed by atoms with Gasteiger partial charge >= 0.3 is 11.9 Å². The van der Waals surface area contributed by atoms with Crippen LogP contribution in [0.5, 0.6) is 0 Å². The maximum absolute atomic E-state index is 12.2. The highest BCUT2D eigenvalue weighted by atomic mass is 16.4. The Kier molecular flexibility index (Phi) is 12.9. The zero-order chi connectivity index (χ0) is 23.3. The first-order valence-electron chi connectivity index (χ1n) is 9.10. The van der Waals surface area contributed by atoms with Crippen LogP contribution in [0.25, 0.3) is 0 Å². The molecule has 0 aliphatic carbocycles. The van der Waals surface area contributed by atoms with Crippen molar-refractivity contribution in [1.29, 1.82) is 0 Å². The number of nitrogens with two attached hydrogens (primary N) is 2. The van der Waals surface area contributed by atoms with E-state index in [4.69, 9.17) is 21.7 Å². The van der Waals surface area contributed by atoms with Crippen molar-refractivity contribution >= 4 is 29.7 Å². The molecular weight excluding hydrogens is 406 g/mol. The molecule has 0 saturated heterocycles. The quantitative estimate of drug-likeness (QED) is 0.111. The first-order valence-corrected chi connectivity index (χ1v) is 9.10. The van der Waals surface area contributed by atoms with E-state index in [1.165, 1.54) is 0 Å². The van der Waals surface area contributed by atoms with Crippen molar-refractivity contribution in [3.63, 3.8) is 0 Å². The van der Waals surface area contributed by atoms with Gasteiger partial charge in [-0.3, -0.25) is 19.2 Å². The van der Waals surface area contributed by atoms with Gasteiger partial charge in [0.05, 0.1) is 25.7 Å². The summed E-state index contributed by atoms with van der Waals surface area (Å²) < 4.78 is 0. The third-order valence-corrected chi connectivity index (χ3v) is 3.93. The SMILES string of the molecule is NCCCC[C@H](N)C(=O)N[C@@H](CO)C(=O)N[C@@H](CO)C(=O)N[C@@H](CC(=O)O)C(=O)O. The molecule has 11 N–H and O–H groups in total. The number of aliphatic hydroxyl groups is 2. The highest BCUT2D eigenvalue weighted by molar-refractivity contribution is 5.94. The summed E-state index contributed by atoms with van der Waals surface area (Å²) in [5.41, 5.74) is 11.0. The number of carbonyl (C=O) groups is 5. The van der Waals surface area contributed by atoms with Gasteiger partial charge in [0.1, 0.15) is 18.1 Å². The minimum atomic E-state index is -1.79. The van der Waals surface area contributed by atoms with Crippen LogP contribution in [0.1, 0.15) is 25.7 Å². The predicted molar refractivity (Wildman–Crippen MR) is 101 cm³/mol. The van der Waals surface area contributed by atoms with Gasteiger partial charge in [-0.2, -0.15) is 0 Å². The Hall–Kier alpha value is -2.81. The van der Waals surface area contributed by atoms with Crippen molar-refractivity contribution in [2.75, 3.05) is 19.8 Å². The molecule has 0 rings (SSSR count). The zero-order valence-corrected chi connectivity index (χ0v) is 16.2. The third kappa shape index (κ3) is 10.1. The van der Waals surface area contributed by atoms with Crippen LogP contribution in [0.2, 0.25) is 0 Å². The van der Waals surface area contributed by atoms with Gasteiger partial charge in [0.15, 0.2) is 0 Å². The van der Waals surface area contributed by atoms with E-state index < -0.39 is 73.5 Å². The second-order valence-corrected chi connectivity index (χ2v) is 6.38. The van der Waals surface area contributed by atoms with Crippen LogP contribution in [0.4, 0.5) is 0 Å². The Balaban J connectivity index is 4.92. The van der Waals surface area contributed by atoms with E-state index in [2.05, 4.69) is 5.32 Å². The molecule has 0 fully saturated rings. The highest BCUT2D eigenvalue weighted by Gasteiger charge is 2.30. The molecule has 172 valence electrons. The maximum atomic E-state index is 12.2. The van der Waals surface area contributed by atoms with Crippen LogP contribution in [0.3, 0.4) is 0 Å². The van der Waals surface area contributed by atoms with E-state index in [0.29, 0.717) is 25.8 Å². The molecule has 0 spiro atoms. The summed E-state index contributed by atoms with van der Waals surface area (Å²) in [5.74, 6) is -6.05. The third-order valence-electron chi connectivity index (χ3n) is 3.93. The number of hydrogen-bond donors (Lipinski definition) is 9. The topological polar surface area (TPSA) is 254 Å². The van der Waals surface area contributed by atoms with Gasteiger partial charge in [-0.25, -0.2) is 4.79 Å². The number of nitrogens with one attached hydrogen (secondary N) is 3. The summed E-state index contributed by atoms with van der Waals surface area (Å²) >= 11 is 0. The Bertz CT molecular complexity index is 616. The number of rotatable bonds is 15. The average Bonchev–Trinajstić information content (AvgIpc) is 2.68. The minimum Gasteiger partial charge on any atom is -0.481 e. The van der Waals surface area contributed by atoms with E-state index in [0.717, 1.165) is 0 Å². The Morgan fingerprint density at radius 2 is 1.23 bits per heavy atom. The molecule has 0 saturated carbocycles. The molecule has 0 aromatic heterocycles. The van der Waals surface area contributed by atoms with Crippen molar-refractivity contribution in [1.82, 2.24) is 16.0 Å². The Morgan fingerprint density at radius 1 is 0.767 bits per heavy atom. The number of hydrogen-bond acceptors (Lipinski definition) is 9. The molecule has 14 heteroatoms. The summed E-state index contributed by atoms with van der Waals surface area (Å²) in [6, 6.07) is -5.89. The molecule has 4 atom stereocenters. The van der Waals surface area contributed by atoms with Gasteiger partial charge in [0.2, 0.25) is 17.7 Å². The lowest BCUT2D eigenvalue weighted by molar-refractivity contribution is -0.147. The van der Waals surface area contributed by atoms with E-state index in [-0.39, 0.29) is 0 Å². The molecule has 3 amide bonds. The van der Waals surface area contributed by atoms with Gasteiger partial charge in [-0.1, -0.05) is 6.42 Å². The first-order chi connectivity index (χ1) is 14.1. The van der Waals surface area contributed by atoms with Gasteiger partial charge in [-0.15, -0.1) is 0 Å². The number of carboxylic acids is 2. The Labute approximate surface area is 172 Å². The molecule has 0 aliphatic heterocycles. The van der Waals surface area contributed by atoms with E-state index >= 15 is 0 Å². The normalized spacial score (nSPS) is 14.7. The van der Waals surface area contributed by atoms with Gasteiger partial charge in [0, 0.05) is 0 Å². The molecule has 0 aliphatic rings. The van der Waals surface area contributed by atoms with Crippen molar-refractivity contribution in [3.8, 4) is 0 Å². The second-order valence-electron chi connectivity index (χ2n) is 6.38. The number of amides is 3. The van der Waals surface area contributed by atoms with Crippen LogP contribution in [-0.4, -0.2) is 94.0 Å². The molecule has 0 heterocycles. The lowest BCUT2D eigenvalue weighted by atomic mass is 10.1. The van der Waals surface area contributed by atoms with Crippen LogP contribution >= 0.6 is 0 Å². The lowest BCUT2D eigenvalue weighted by Gasteiger charge is -2.23. The smallest absolute Gasteiger partial charge is 0.326 e. The molecule has 0 aromatic rings. The predicted octanol–water partition coefficient (Wildman–Crippen LogP) is -4.56. The highest BCUT2D eigenvalue weighted by Crippen LogP contribution is 2.00. The van der Waals surface area contributed by atoms with Gasteiger partial charge in [-0.05, 0) is 19.4 Å². The van der Waals surface area contributed by atoms with Gasteiger partial charge in [0.25, 0.3) is 0 Å². The molecular formula is C16H29N5O9. The number of aliphatic hydroxyl groups excluding tert-OH is 2. The van der Waals surface area contributed by atoms with E-state index in [1.54, 1.807) is 0 Å². The number of carbonyl (C=O) groups excluding carboxylic acids is 3. The molecule has 30 heavy (non-hydrogen) atoms. The van der Waals surface area contributed by atoms with Gasteiger partial charge < -0.3 is 47.8 Å². The van der Waals surface area contributed by atoms with E-state index in [1.807, 2.05) is 10.6 Å². The number of aliphatic carboxylic acids is 2. The van der Waals surface area contributed by atoms with Crippen molar-refractivity contribution < 1.29 is 44.4 Å². The lowest BCUT2D eigenvalue weighted by Crippen LogP contribution is -2.59. The second kappa shape index (κ2) is 14.2. The van der Waals surface area contributed by atoms with Crippen molar-refractivity contribution in [2.24, 2.45) is 11.5 Å². The molecule has 0 aromatic carbocycles. The number of unbranched alkanes of at least 4 members (excludes halogenated alkanes) is 1. The summed E-state index contributed by atoms with van der Waals surface area (Å²) in [6.45, 7) is -1.37. The van der Waals surface area contributed by atoms with Crippen LogP contribution < -0.4 is 27.4 Å². The maximum Gasteiger partial charge on any atom is 0.326 e. The summed E-state index contributed by atoms with van der Waals surface area (Å²) in [4.78, 5) is 58.0. The number of carboxylic acid groups (broad SMARTS) is 2. The average molecular weight is 435 g/mol. The van der Waals surface area contributed by atoms with Crippen molar-refractivity contribution in [2.45, 2.75) is 49.9 Å². The largest absolute Gasteiger partial charge is 0.481 e. The molecule has 0 radical (unpaired) electrons. The summed E-state index contributed by atoms with van der Waals surface area (Å²) in [5, 5.41) is 42.4.